The lowest BCUT2D eigenvalue weighted by Crippen LogP contribution is -2.19. The van der Waals surface area contributed by atoms with Gasteiger partial charge in [-0.2, -0.15) is 0 Å². The molecule has 1 fully saturated rings. The van der Waals surface area contributed by atoms with Crippen LogP contribution >= 0.6 is 23.2 Å². The van der Waals surface area contributed by atoms with Gasteiger partial charge in [-0.3, -0.25) is 0 Å². The number of aliphatic hydroxyl groups excluding tert-OH is 1. The van der Waals surface area contributed by atoms with Crippen LogP contribution in [0.15, 0.2) is 18.2 Å². The Labute approximate surface area is 106 Å². The van der Waals surface area contributed by atoms with Gasteiger partial charge in [0.2, 0.25) is 0 Å². The molecule has 0 amide bonds. The van der Waals surface area contributed by atoms with Crippen LogP contribution in [0.4, 0.5) is 0 Å². The number of aliphatic hydroxyl groups is 1. The number of rotatable bonds is 2. The largest absolute Gasteiger partial charge is 0.393 e. The van der Waals surface area contributed by atoms with E-state index in [-0.39, 0.29) is 6.10 Å². The van der Waals surface area contributed by atoms with Crippen molar-refractivity contribution < 1.29 is 5.11 Å². The maximum Gasteiger partial charge on any atom is 0.0595 e. The van der Waals surface area contributed by atoms with E-state index in [0.29, 0.717) is 16.0 Å². The van der Waals surface area contributed by atoms with Crippen molar-refractivity contribution in [2.24, 2.45) is 5.92 Å². The van der Waals surface area contributed by atoms with Crippen molar-refractivity contribution in [3.05, 3.63) is 33.8 Å². The minimum absolute atomic E-state index is 0.0787. The minimum Gasteiger partial charge on any atom is -0.393 e. The number of benzene rings is 1. The summed E-state index contributed by atoms with van der Waals surface area (Å²) in [6.07, 6.45) is 5.06. The van der Waals surface area contributed by atoms with Gasteiger partial charge in [0, 0.05) is 0 Å². The van der Waals surface area contributed by atoms with E-state index in [1.165, 1.54) is 5.56 Å². The second kappa shape index (κ2) is 5.39. The van der Waals surface area contributed by atoms with E-state index in [1.807, 2.05) is 18.2 Å². The molecule has 0 heterocycles. The lowest BCUT2D eigenvalue weighted by atomic mass is 9.83. The van der Waals surface area contributed by atoms with Gasteiger partial charge in [-0.05, 0) is 55.7 Å². The summed E-state index contributed by atoms with van der Waals surface area (Å²) in [7, 11) is 0. The van der Waals surface area contributed by atoms with Crippen LogP contribution < -0.4 is 0 Å². The summed E-state index contributed by atoms with van der Waals surface area (Å²) < 4.78 is 0. The number of halogens is 2. The Kier molecular flexibility index (Phi) is 4.12. The molecular formula is C13H16Cl2O. The highest BCUT2D eigenvalue weighted by Crippen LogP contribution is 2.29. The molecule has 0 saturated heterocycles. The molecule has 16 heavy (non-hydrogen) atoms. The molecule has 1 aliphatic rings. The number of hydrogen-bond acceptors (Lipinski definition) is 1. The third-order valence-corrected chi connectivity index (χ3v) is 4.06. The summed E-state index contributed by atoms with van der Waals surface area (Å²) in [4.78, 5) is 0. The van der Waals surface area contributed by atoms with Crippen LogP contribution in [-0.2, 0) is 6.42 Å². The molecule has 1 saturated carbocycles. The predicted octanol–water partition coefficient (Wildman–Crippen LogP) is 4.09. The van der Waals surface area contributed by atoms with Crippen molar-refractivity contribution in [2.45, 2.75) is 38.2 Å². The molecule has 1 N–H and O–H groups in total. The zero-order valence-corrected chi connectivity index (χ0v) is 10.6. The van der Waals surface area contributed by atoms with Gasteiger partial charge in [0.15, 0.2) is 0 Å². The second-order valence-corrected chi connectivity index (χ2v) is 5.44. The van der Waals surface area contributed by atoms with Gasteiger partial charge in [-0.25, -0.2) is 0 Å². The summed E-state index contributed by atoms with van der Waals surface area (Å²) in [5, 5.41) is 10.7. The fraction of sp³-hybridized carbons (Fsp3) is 0.538. The highest BCUT2D eigenvalue weighted by molar-refractivity contribution is 6.42. The molecule has 0 spiro atoms. The van der Waals surface area contributed by atoms with Crippen LogP contribution in [0.2, 0.25) is 10.0 Å². The fourth-order valence-electron chi connectivity index (χ4n) is 2.35. The molecule has 1 aromatic rings. The maximum atomic E-state index is 9.43. The SMILES string of the molecule is OC1CCC(Cc2ccc(Cl)c(Cl)c2)CC1. The molecule has 1 aliphatic carbocycles. The zero-order chi connectivity index (χ0) is 11.5. The van der Waals surface area contributed by atoms with Crippen LogP contribution in [0.1, 0.15) is 31.2 Å². The van der Waals surface area contributed by atoms with E-state index in [2.05, 4.69) is 0 Å². The standard InChI is InChI=1S/C13H16Cl2O/c14-12-6-3-10(8-13(12)15)7-9-1-4-11(16)5-2-9/h3,6,8-9,11,16H,1-2,4-5,7H2. The van der Waals surface area contributed by atoms with E-state index < -0.39 is 0 Å². The molecule has 88 valence electrons. The first-order valence-electron chi connectivity index (χ1n) is 5.77. The van der Waals surface area contributed by atoms with Gasteiger partial charge < -0.3 is 5.11 Å². The Balaban J connectivity index is 1.96. The Hall–Kier alpha value is -0.240. The van der Waals surface area contributed by atoms with E-state index in [9.17, 15) is 5.11 Å². The molecule has 0 bridgehead atoms. The molecule has 3 heteroatoms. The summed E-state index contributed by atoms with van der Waals surface area (Å²) >= 11 is 11.9. The van der Waals surface area contributed by atoms with Crippen LogP contribution in [0.5, 0.6) is 0 Å². The maximum absolute atomic E-state index is 9.43. The van der Waals surface area contributed by atoms with Crippen LogP contribution in [0, 0.1) is 5.92 Å². The van der Waals surface area contributed by atoms with Crippen molar-refractivity contribution in [2.75, 3.05) is 0 Å². The lowest BCUT2D eigenvalue weighted by molar-refractivity contribution is 0.109. The van der Waals surface area contributed by atoms with Gasteiger partial charge in [0.05, 0.1) is 16.1 Å². The van der Waals surface area contributed by atoms with Crippen molar-refractivity contribution in [3.8, 4) is 0 Å². The van der Waals surface area contributed by atoms with E-state index in [0.717, 1.165) is 32.1 Å². The third kappa shape index (κ3) is 3.13. The Morgan fingerprint density at radius 1 is 1.06 bits per heavy atom. The first-order chi connectivity index (χ1) is 7.65. The quantitative estimate of drug-likeness (QED) is 0.848. The first-order valence-corrected chi connectivity index (χ1v) is 6.52. The smallest absolute Gasteiger partial charge is 0.0595 e. The predicted molar refractivity (Wildman–Crippen MR) is 68.1 cm³/mol. The Bertz CT molecular complexity index is 357. The highest BCUT2D eigenvalue weighted by Gasteiger charge is 2.19. The summed E-state index contributed by atoms with van der Waals surface area (Å²) in [5.41, 5.74) is 1.25. The summed E-state index contributed by atoms with van der Waals surface area (Å²) in [6.45, 7) is 0. The van der Waals surface area contributed by atoms with Crippen molar-refractivity contribution in [1.29, 1.82) is 0 Å². The summed E-state index contributed by atoms with van der Waals surface area (Å²) in [6, 6.07) is 5.85. The number of hydrogen-bond donors (Lipinski definition) is 1. The Morgan fingerprint density at radius 2 is 1.75 bits per heavy atom. The average molecular weight is 259 g/mol. The molecule has 0 radical (unpaired) electrons. The zero-order valence-electron chi connectivity index (χ0n) is 9.13. The van der Waals surface area contributed by atoms with Crippen LogP contribution in [0.3, 0.4) is 0 Å². The van der Waals surface area contributed by atoms with Gasteiger partial charge in [0.25, 0.3) is 0 Å². The van der Waals surface area contributed by atoms with E-state index >= 15 is 0 Å². The highest BCUT2D eigenvalue weighted by atomic mass is 35.5. The molecule has 0 aromatic heterocycles. The van der Waals surface area contributed by atoms with E-state index in [1.54, 1.807) is 0 Å². The van der Waals surface area contributed by atoms with Crippen molar-refractivity contribution in [3.63, 3.8) is 0 Å². The third-order valence-electron chi connectivity index (χ3n) is 3.32. The Morgan fingerprint density at radius 3 is 2.38 bits per heavy atom. The van der Waals surface area contributed by atoms with Crippen molar-refractivity contribution >= 4 is 23.2 Å². The van der Waals surface area contributed by atoms with Crippen LogP contribution in [0.25, 0.3) is 0 Å². The summed E-state index contributed by atoms with van der Waals surface area (Å²) in [5.74, 6) is 0.681. The second-order valence-electron chi connectivity index (χ2n) is 4.63. The molecular weight excluding hydrogens is 243 g/mol. The molecule has 2 rings (SSSR count). The van der Waals surface area contributed by atoms with Gasteiger partial charge >= 0.3 is 0 Å². The molecule has 1 aromatic carbocycles. The lowest BCUT2D eigenvalue weighted by Gasteiger charge is -2.25. The van der Waals surface area contributed by atoms with E-state index in [4.69, 9.17) is 23.2 Å². The van der Waals surface area contributed by atoms with Crippen molar-refractivity contribution in [1.82, 2.24) is 0 Å². The van der Waals surface area contributed by atoms with Gasteiger partial charge in [-0.15, -0.1) is 0 Å². The van der Waals surface area contributed by atoms with Gasteiger partial charge in [-0.1, -0.05) is 29.3 Å². The van der Waals surface area contributed by atoms with Crippen LogP contribution in [-0.4, -0.2) is 11.2 Å². The molecule has 0 aliphatic heterocycles. The molecule has 1 nitrogen and oxygen atoms in total. The first kappa shape index (κ1) is 12.2. The normalized spacial score (nSPS) is 25.7. The molecule has 0 unspecified atom stereocenters. The fourth-order valence-corrected chi connectivity index (χ4v) is 2.67. The average Bonchev–Trinajstić information content (AvgIpc) is 2.27. The minimum atomic E-state index is -0.0787. The molecule has 0 atom stereocenters. The monoisotopic (exact) mass is 258 g/mol. The topological polar surface area (TPSA) is 20.2 Å². The van der Waals surface area contributed by atoms with Gasteiger partial charge in [0.1, 0.15) is 0 Å².